The molecule has 0 amide bonds. The molecule has 0 bridgehead atoms. The number of hydrogen-bond donors (Lipinski definition) is 2. The highest BCUT2D eigenvalue weighted by molar-refractivity contribution is 7.91. The molecule has 0 aliphatic carbocycles. The van der Waals surface area contributed by atoms with Gasteiger partial charge in [-0.05, 0) is 44.5 Å². The fourth-order valence-electron chi connectivity index (χ4n) is 1.50. The fraction of sp³-hybridized carbons (Fsp3) is 0.538. The lowest BCUT2D eigenvalue weighted by molar-refractivity contribution is 0.549. The standard InChI is InChI=1S/C13H22N2O2S/c1-4-9-18(16,17)12-7-5-11(6-8-12)15-10-13(2,3)14/h5-8,15H,4,9-10,14H2,1-3H3. The van der Waals surface area contributed by atoms with E-state index in [1.807, 2.05) is 20.8 Å². The summed E-state index contributed by atoms with van der Waals surface area (Å²) in [4.78, 5) is 0.377. The summed E-state index contributed by atoms with van der Waals surface area (Å²) in [5.41, 5.74) is 6.44. The minimum atomic E-state index is -3.12. The summed E-state index contributed by atoms with van der Waals surface area (Å²) in [5.74, 6) is 0.190. The number of anilines is 1. The van der Waals surface area contributed by atoms with Gasteiger partial charge in [-0.3, -0.25) is 0 Å². The van der Waals surface area contributed by atoms with Crippen molar-refractivity contribution in [3.05, 3.63) is 24.3 Å². The molecule has 0 fully saturated rings. The average Bonchev–Trinajstić information content (AvgIpc) is 2.26. The van der Waals surface area contributed by atoms with Crippen LogP contribution in [0.4, 0.5) is 5.69 Å². The van der Waals surface area contributed by atoms with Crippen LogP contribution in [0.5, 0.6) is 0 Å². The lowest BCUT2D eigenvalue weighted by atomic mass is 10.1. The summed E-state index contributed by atoms with van der Waals surface area (Å²) in [6.45, 7) is 6.35. The van der Waals surface area contributed by atoms with Crippen LogP contribution in [0.3, 0.4) is 0 Å². The van der Waals surface area contributed by atoms with Crippen LogP contribution >= 0.6 is 0 Å². The van der Waals surface area contributed by atoms with E-state index in [9.17, 15) is 8.42 Å². The van der Waals surface area contributed by atoms with Gasteiger partial charge in [0.05, 0.1) is 10.6 Å². The molecular weight excluding hydrogens is 248 g/mol. The predicted molar refractivity (Wildman–Crippen MR) is 75.5 cm³/mol. The van der Waals surface area contributed by atoms with Gasteiger partial charge in [0.15, 0.2) is 9.84 Å². The van der Waals surface area contributed by atoms with Gasteiger partial charge in [-0.15, -0.1) is 0 Å². The van der Waals surface area contributed by atoms with Crippen molar-refractivity contribution in [2.24, 2.45) is 5.73 Å². The number of nitrogens with two attached hydrogens (primary N) is 1. The number of benzene rings is 1. The van der Waals surface area contributed by atoms with Crippen LogP contribution < -0.4 is 11.1 Å². The second kappa shape index (κ2) is 5.71. The first-order valence-corrected chi connectivity index (χ1v) is 7.75. The van der Waals surface area contributed by atoms with Crippen LogP contribution in [-0.4, -0.2) is 26.3 Å². The molecule has 1 rings (SSSR count). The Morgan fingerprint density at radius 2 is 1.78 bits per heavy atom. The van der Waals surface area contributed by atoms with Gasteiger partial charge in [0.2, 0.25) is 0 Å². The third-order valence-corrected chi connectivity index (χ3v) is 4.37. The van der Waals surface area contributed by atoms with Crippen molar-refractivity contribution >= 4 is 15.5 Å². The van der Waals surface area contributed by atoms with Crippen molar-refractivity contribution in [2.45, 2.75) is 37.6 Å². The molecule has 0 atom stereocenters. The van der Waals surface area contributed by atoms with E-state index in [0.717, 1.165) is 5.69 Å². The van der Waals surface area contributed by atoms with E-state index in [0.29, 0.717) is 17.9 Å². The van der Waals surface area contributed by atoms with Gasteiger partial charge >= 0.3 is 0 Å². The van der Waals surface area contributed by atoms with Gasteiger partial charge in [-0.2, -0.15) is 0 Å². The van der Waals surface area contributed by atoms with Gasteiger partial charge in [0.1, 0.15) is 0 Å². The Morgan fingerprint density at radius 3 is 2.22 bits per heavy atom. The number of rotatable bonds is 6. The van der Waals surface area contributed by atoms with Crippen molar-refractivity contribution in [3.8, 4) is 0 Å². The van der Waals surface area contributed by atoms with Crippen LogP contribution in [0.1, 0.15) is 27.2 Å². The highest BCUT2D eigenvalue weighted by Gasteiger charge is 2.13. The Labute approximate surface area is 110 Å². The highest BCUT2D eigenvalue weighted by atomic mass is 32.2. The molecule has 1 aromatic rings. The zero-order valence-electron chi connectivity index (χ0n) is 11.2. The zero-order chi connectivity index (χ0) is 13.8. The first kappa shape index (κ1) is 15.0. The molecule has 1 aromatic carbocycles. The van der Waals surface area contributed by atoms with Crippen molar-refractivity contribution in [2.75, 3.05) is 17.6 Å². The molecule has 4 nitrogen and oxygen atoms in total. The molecule has 102 valence electrons. The number of nitrogens with one attached hydrogen (secondary N) is 1. The Kier molecular flexibility index (Phi) is 4.76. The summed E-state index contributed by atoms with van der Waals surface area (Å²) in [6, 6.07) is 6.82. The van der Waals surface area contributed by atoms with E-state index in [2.05, 4.69) is 5.32 Å². The number of hydrogen-bond acceptors (Lipinski definition) is 4. The summed E-state index contributed by atoms with van der Waals surface area (Å²) in [5, 5.41) is 3.18. The lowest BCUT2D eigenvalue weighted by Crippen LogP contribution is -2.39. The normalized spacial score (nSPS) is 12.4. The van der Waals surface area contributed by atoms with Gasteiger partial charge in [0.25, 0.3) is 0 Å². The van der Waals surface area contributed by atoms with E-state index < -0.39 is 9.84 Å². The van der Waals surface area contributed by atoms with E-state index in [1.54, 1.807) is 24.3 Å². The maximum Gasteiger partial charge on any atom is 0.178 e. The SMILES string of the molecule is CCCS(=O)(=O)c1ccc(NCC(C)(C)N)cc1. The van der Waals surface area contributed by atoms with Crippen molar-refractivity contribution in [1.29, 1.82) is 0 Å². The Bertz CT molecular complexity index is 473. The minimum absolute atomic E-state index is 0.190. The topological polar surface area (TPSA) is 72.2 Å². The van der Waals surface area contributed by atoms with Gasteiger partial charge in [-0.1, -0.05) is 6.92 Å². The van der Waals surface area contributed by atoms with Crippen molar-refractivity contribution in [3.63, 3.8) is 0 Å². The fourth-order valence-corrected chi connectivity index (χ4v) is 2.82. The third kappa shape index (κ3) is 4.66. The second-order valence-electron chi connectivity index (χ2n) is 5.19. The van der Waals surface area contributed by atoms with Crippen molar-refractivity contribution in [1.82, 2.24) is 0 Å². The molecule has 0 radical (unpaired) electrons. The van der Waals surface area contributed by atoms with Gasteiger partial charge < -0.3 is 11.1 Å². The van der Waals surface area contributed by atoms with E-state index in [1.165, 1.54) is 0 Å². The maximum absolute atomic E-state index is 11.8. The summed E-state index contributed by atoms with van der Waals surface area (Å²) < 4.78 is 23.6. The summed E-state index contributed by atoms with van der Waals surface area (Å²) in [7, 11) is -3.12. The maximum atomic E-state index is 11.8. The van der Waals surface area contributed by atoms with E-state index in [-0.39, 0.29) is 11.3 Å². The number of sulfone groups is 1. The molecule has 0 heterocycles. The molecular formula is C13H22N2O2S. The van der Waals surface area contributed by atoms with Gasteiger partial charge in [0, 0.05) is 17.8 Å². The van der Waals surface area contributed by atoms with Gasteiger partial charge in [-0.25, -0.2) is 8.42 Å². The smallest absolute Gasteiger partial charge is 0.178 e. The minimum Gasteiger partial charge on any atom is -0.383 e. The quantitative estimate of drug-likeness (QED) is 0.829. The zero-order valence-corrected chi connectivity index (χ0v) is 12.0. The Morgan fingerprint density at radius 1 is 1.22 bits per heavy atom. The van der Waals surface area contributed by atoms with Crippen molar-refractivity contribution < 1.29 is 8.42 Å². The van der Waals surface area contributed by atoms with Crippen LogP contribution in [0, 0.1) is 0 Å². The second-order valence-corrected chi connectivity index (χ2v) is 7.29. The highest BCUT2D eigenvalue weighted by Crippen LogP contribution is 2.16. The summed E-state index contributed by atoms with van der Waals surface area (Å²) in [6.07, 6.45) is 0.629. The predicted octanol–water partition coefficient (Wildman–Crippen LogP) is 2.02. The Balaban J connectivity index is 2.75. The molecule has 0 unspecified atom stereocenters. The van der Waals surface area contributed by atoms with Crippen LogP contribution in [-0.2, 0) is 9.84 Å². The van der Waals surface area contributed by atoms with Crippen LogP contribution in [0.25, 0.3) is 0 Å². The Hall–Kier alpha value is -1.07. The molecule has 18 heavy (non-hydrogen) atoms. The van der Waals surface area contributed by atoms with E-state index in [4.69, 9.17) is 5.73 Å². The summed E-state index contributed by atoms with van der Waals surface area (Å²) >= 11 is 0. The average molecular weight is 270 g/mol. The molecule has 3 N–H and O–H groups in total. The molecule has 0 aliphatic heterocycles. The molecule has 0 aliphatic rings. The lowest BCUT2D eigenvalue weighted by Gasteiger charge is -2.19. The first-order chi connectivity index (χ1) is 8.24. The van der Waals surface area contributed by atoms with E-state index >= 15 is 0 Å². The molecule has 0 aromatic heterocycles. The van der Waals surface area contributed by atoms with Crippen LogP contribution in [0.2, 0.25) is 0 Å². The largest absolute Gasteiger partial charge is 0.383 e. The first-order valence-electron chi connectivity index (χ1n) is 6.10. The van der Waals surface area contributed by atoms with Crippen LogP contribution in [0.15, 0.2) is 29.2 Å². The molecule has 5 heteroatoms. The third-order valence-electron chi connectivity index (χ3n) is 2.43. The molecule has 0 saturated heterocycles. The molecule has 0 saturated carbocycles. The monoisotopic (exact) mass is 270 g/mol. The molecule has 0 spiro atoms.